The maximum atomic E-state index is 13.6. The summed E-state index contributed by atoms with van der Waals surface area (Å²) < 4.78 is 13.6. The molecule has 0 unspecified atom stereocenters. The number of carbonyl (C=O) groups excluding carboxylic acids is 2. The average molecular weight is 357 g/mol. The predicted octanol–water partition coefficient (Wildman–Crippen LogP) is 1.17. The normalized spacial score (nSPS) is 16.0. The van der Waals surface area contributed by atoms with Crippen LogP contribution in [0, 0.1) is 5.82 Å². The standard InChI is InChI=1S/C16H22ClFN4O2/c1-21-7-9-22(10-8-21)6-2-5-19-15(23)16(24)20-14-4-3-12(17)11-13(14)18/h3-4,11H,2,5-10H2,1H3,(H,19,23)(H,20,24). The lowest BCUT2D eigenvalue weighted by molar-refractivity contribution is -0.136. The first-order valence-corrected chi connectivity index (χ1v) is 8.28. The van der Waals surface area contributed by atoms with Crippen molar-refractivity contribution in [2.45, 2.75) is 6.42 Å². The second-order valence-electron chi connectivity index (χ2n) is 5.83. The highest BCUT2D eigenvalue weighted by atomic mass is 35.5. The lowest BCUT2D eigenvalue weighted by Crippen LogP contribution is -2.45. The second-order valence-corrected chi connectivity index (χ2v) is 6.27. The number of nitrogens with zero attached hydrogens (tertiary/aromatic N) is 2. The Labute approximate surface area is 145 Å². The highest BCUT2D eigenvalue weighted by Gasteiger charge is 2.16. The molecule has 1 aliphatic heterocycles. The molecule has 0 saturated carbocycles. The van der Waals surface area contributed by atoms with Crippen molar-refractivity contribution >= 4 is 29.1 Å². The van der Waals surface area contributed by atoms with Gasteiger partial charge in [-0.05, 0) is 38.2 Å². The summed E-state index contributed by atoms with van der Waals surface area (Å²) in [5, 5.41) is 5.00. The molecule has 6 nitrogen and oxygen atoms in total. The number of carbonyl (C=O) groups is 2. The van der Waals surface area contributed by atoms with Crippen LogP contribution >= 0.6 is 11.6 Å². The topological polar surface area (TPSA) is 64.7 Å². The average Bonchev–Trinajstić information content (AvgIpc) is 2.55. The number of hydrogen-bond acceptors (Lipinski definition) is 4. The number of rotatable bonds is 5. The molecule has 24 heavy (non-hydrogen) atoms. The van der Waals surface area contributed by atoms with E-state index in [1.165, 1.54) is 12.1 Å². The van der Waals surface area contributed by atoms with Gasteiger partial charge < -0.3 is 20.4 Å². The van der Waals surface area contributed by atoms with Crippen LogP contribution in [0.5, 0.6) is 0 Å². The molecule has 0 radical (unpaired) electrons. The molecule has 1 heterocycles. The zero-order valence-electron chi connectivity index (χ0n) is 13.6. The third-order valence-electron chi connectivity index (χ3n) is 3.92. The Hall–Kier alpha value is -1.70. The summed E-state index contributed by atoms with van der Waals surface area (Å²) in [5.41, 5.74) is -0.0722. The predicted molar refractivity (Wildman–Crippen MR) is 91.6 cm³/mol. The Morgan fingerprint density at radius 1 is 1.21 bits per heavy atom. The number of likely N-dealkylation sites (N-methyl/N-ethyl adjacent to an activating group) is 1. The Balaban J connectivity index is 1.67. The van der Waals surface area contributed by atoms with Crippen molar-refractivity contribution < 1.29 is 14.0 Å². The minimum Gasteiger partial charge on any atom is -0.348 e. The number of piperazine rings is 1. The molecule has 0 spiro atoms. The number of nitrogens with one attached hydrogen (secondary N) is 2. The van der Waals surface area contributed by atoms with E-state index in [9.17, 15) is 14.0 Å². The minimum absolute atomic E-state index is 0.0722. The summed E-state index contributed by atoms with van der Waals surface area (Å²) in [4.78, 5) is 28.1. The van der Waals surface area contributed by atoms with Gasteiger partial charge in [-0.3, -0.25) is 9.59 Å². The van der Waals surface area contributed by atoms with Crippen LogP contribution in [-0.2, 0) is 9.59 Å². The summed E-state index contributed by atoms with van der Waals surface area (Å²) in [6, 6.07) is 3.83. The van der Waals surface area contributed by atoms with Gasteiger partial charge in [0.15, 0.2) is 0 Å². The van der Waals surface area contributed by atoms with Gasteiger partial charge in [-0.2, -0.15) is 0 Å². The van der Waals surface area contributed by atoms with Crippen LogP contribution in [-0.4, -0.2) is 67.9 Å². The van der Waals surface area contributed by atoms with E-state index in [0.717, 1.165) is 45.2 Å². The van der Waals surface area contributed by atoms with Crippen LogP contribution in [0.25, 0.3) is 0 Å². The molecule has 132 valence electrons. The number of hydrogen-bond donors (Lipinski definition) is 2. The molecule has 2 amide bonds. The molecule has 1 fully saturated rings. The third-order valence-corrected chi connectivity index (χ3v) is 4.15. The molecule has 2 rings (SSSR count). The maximum Gasteiger partial charge on any atom is 0.313 e. The molecule has 0 aliphatic carbocycles. The van der Waals surface area contributed by atoms with Crippen molar-refractivity contribution in [2.75, 3.05) is 51.6 Å². The van der Waals surface area contributed by atoms with E-state index in [1.807, 2.05) is 0 Å². The molecule has 8 heteroatoms. The van der Waals surface area contributed by atoms with Gasteiger partial charge >= 0.3 is 11.8 Å². The number of halogens is 2. The molecule has 0 aromatic heterocycles. The zero-order valence-corrected chi connectivity index (χ0v) is 14.4. The van der Waals surface area contributed by atoms with Crippen molar-refractivity contribution in [3.8, 4) is 0 Å². The van der Waals surface area contributed by atoms with Crippen LogP contribution in [0.4, 0.5) is 10.1 Å². The van der Waals surface area contributed by atoms with E-state index in [2.05, 4.69) is 27.5 Å². The zero-order chi connectivity index (χ0) is 17.5. The molecular formula is C16H22ClFN4O2. The lowest BCUT2D eigenvalue weighted by Gasteiger charge is -2.32. The Morgan fingerprint density at radius 3 is 2.58 bits per heavy atom. The van der Waals surface area contributed by atoms with Crippen LogP contribution in [0.3, 0.4) is 0 Å². The Morgan fingerprint density at radius 2 is 1.92 bits per heavy atom. The highest BCUT2D eigenvalue weighted by molar-refractivity contribution is 6.39. The van der Waals surface area contributed by atoms with E-state index < -0.39 is 17.6 Å². The van der Waals surface area contributed by atoms with Gasteiger partial charge in [0.25, 0.3) is 0 Å². The molecule has 1 aromatic carbocycles. The van der Waals surface area contributed by atoms with E-state index in [1.54, 1.807) is 0 Å². The quantitative estimate of drug-likeness (QED) is 0.614. The van der Waals surface area contributed by atoms with Crippen LogP contribution in [0.15, 0.2) is 18.2 Å². The molecule has 0 bridgehead atoms. The van der Waals surface area contributed by atoms with Gasteiger partial charge in [-0.25, -0.2) is 4.39 Å². The maximum absolute atomic E-state index is 13.6. The first-order valence-electron chi connectivity index (χ1n) is 7.91. The first-order chi connectivity index (χ1) is 11.5. The van der Waals surface area contributed by atoms with Gasteiger partial charge in [0.2, 0.25) is 0 Å². The molecule has 0 atom stereocenters. The van der Waals surface area contributed by atoms with Crippen LogP contribution in [0.1, 0.15) is 6.42 Å². The SMILES string of the molecule is CN1CCN(CCCNC(=O)C(=O)Nc2ccc(Cl)cc2F)CC1. The molecule has 1 aromatic rings. The number of benzene rings is 1. The third kappa shape index (κ3) is 5.74. The van der Waals surface area contributed by atoms with Crippen LogP contribution in [0.2, 0.25) is 5.02 Å². The van der Waals surface area contributed by atoms with Gasteiger partial charge in [-0.1, -0.05) is 11.6 Å². The van der Waals surface area contributed by atoms with E-state index in [-0.39, 0.29) is 10.7 Å². The van der Waals surface area contributed by atoms with Gasteiger partial charge in [0.1, 0.15) is 5.82 Å². The summed E-state index contributed by atoms with van der Waals surface area (Å²) in [6.45, 7) is 5.40. The summed E-state index contributed by atoms with van der Waals surface area (Å²) in [6.07, 6.45) is 0.762. The van der Waals surface area contributed by atoms with Crippen LogP contribution < -0.4 is 10.6 Å². The van der Waals surface area contributed by atoms with Gasteiger partial charge in [0, 0.05) is 37.7 Å². The van der Waals surface area contributed by atoms with Crippen molar-refractivity contribution in [3.05, 3.63) is 29.0 Å². The van der Waals surface area contributed by atoms with Gasteiger partial charge in [0.05, 0.1) is 5.69 Å². The minimum atomic E-state index is -0.893. The summed E-state index contributed by atoms with van der Waals surface area (Å²) >= 11 is 5.63. The molecule has 2 N–H and O–H groups in total. The van der Waals surface area contributed by atoms with Crippen molar-refractivity contribution in [3.63, 3.8) is 0 Å². The summed E-state index contributed by atoms with van der Waals surface area (Å²) in [5.74, 6) is -2.35. The van der Waals surface area contributed by atoms with E-state index >= 15 is 0 Å². The Bertz CT molecular complexity index is 591. The fourth-order valence-electron chi connectivity index (χ4n) is 2.43. The number of amides is 2. The smallest absolute Gasteiger partial charge is 0.313 e. The van der Waals surface area contributed by atoms with Crippen molar-refractivity contribution in [1.29, 1.82) is 0 Å². The van der Waals surface area contributed by atoms with E-state index in [4.69, 9.17) is 11.6 Å². The summed E-state index contributed by atoms with van der Waals surface area (Å²) in [7, 11) is 2.10. The fourth-order valence-corrected chi connectivity index (χ4v) is 2.59. The number of anilines is 1. The largest absolute Gasteiger partial charge is 0.348 e. The molecule has 1 aliphatic rings. The van der Waals surface area contributed by atoms with E-state index in [0.29, 0.717) is 6.54 Å². The molecular weight excluding hydrogens is 335 g/mol. The fraction of sp³-hybridized carbons (Fsp3) is 0.500. The van der Waals surface area contributed by atoms with Gasteiger partial charge in [-0.15, -0.1) is 0 Å². The Kier molecular flexibility index (Phi) is 6.96. The van der Waals surface area contributed by atoms with Crippen molar-refractivity contribution in [1.82, 2.24) is 15.1 Å². The molecule has 1 saturated heterocycles. The monoisotopic (exact) mass is 356 g/mol. The first kappa shape index (κ1) is 18.6. The second kappa shape index (κ2) is 8.96. The van der Waals surface area contributed by atoms with Crippen molar-refractivity contribution in [2.24, 2.45) is 0 Å². The highest BCUT2D eigenvalue weighted by Crippen LogP contribution is 2.18. The lowest BCUT2D eigenvalue weighted by atomic mass is 10.3.